The Balaban J connectivity index is 1.61. The van der Waals surface area contributed by atoms with Gasteiger partial charge in [0.1, 0.15) is 5.25 Å². The second-order valence-electron chi connectivity index (χ2n) is 5.90. The first kappa shape index (κ1) is 17.0. The van der Waals surface area contributed by atoms with Gasteiger partial charge in [-0.25, -0.2) is 4.90 Å². The molecule has 2 aliphatic rings. The van der Waals surface area contributed by atoms with Crippen molar-refractivity contribution in [2.24, 2.45) is 0 Å². The van der Waals surface area contributed by atoms with E-state index in [-0.39, 0.29) is 23.5 Å². The number of rotatable bonds is 4. The number of anilines is 1. The van der Waals surface area contributed by atoms with Crippen molar-refractivity contribution >= 4 is 34.5 Å². The molecule has 1 atom stereocenters. The van der Waals surface area contributed by atoms with E-state index in [1.165, 1.54) is 4.90 Å². The number of piperazine rings is 1. The highest BCUT2D eigenvalue weighted by molar-refractivity contribution is 8.15. The van der Waals surface area contributed by atoms with Gasteiger partial charge in [-0.15, -0.1) is 0 Å². The quantitative estimate of drug-likeness (QED) is 0.831. The van der Waals surface area contributed by atoms with E-state index in [1.807, 2.05) is 6.07 Å². The molecule has 0 spiro atoms. The first-order valence-electron chi connectivity index (χ1n) is 8.20. The summed E-state index contributed by atoms with van der Waals surface area (Å²) in [6.07, 6.45) is 0.0880. The van der Waals surface area contributed by atoms with Crippen LogP contribution in [0.5, 0.6) is 0 Å². The van der Waals surface area contributed by atoms with Crippen LogP contribution < -0.4 is 4.90 Å². The summed E-state index contributed by atoms with van der Waals surface area (Å²) in [6.45, 7) is 6.20. The van der Waals surface area contributed by atoms with Gasteiger partial charge in [0.05, 0.1) is 5.69 Å². The molecule has 0 N–H and O–H groups in total. The monoisotopic (exact) mass is 347 g/mol. The number of para-hydroxylation sites is 1. The van der Waals surface area contributed by atoms with Gasteiger partial charge in [-0.2, -0.15) is 0 Å². The lowest BCUT2D eigenvalue weighted by Crippen LogP contribution is -2.49. The van der Waals surface area contributed by atoms with E-state index in [2.05, 4.69) is 11.8 Å². The van der Waals surface area contributed by atoms with Gasteiger partial charge in [-0.05, 0) is 30.4 Å². The first-order valence-corrected chi connectivity index (χ1v) is 9.08. The number of likely N-dealkylation sites (N-methyl/N-ethyl adjacent to an activating group) is 1. The predicted octanol–water partition coefficient (Wildman–Crippen LogP) is 1.81. The highest BCUT2D eigenvalue weighted by atomic mass is 32.2. The molecule has 0 aliphatic carbocycles. The molecule has 6 nitrogen and oxygen atoms in total. The Morgan fingerprint density at radius 2 is 1.79 bits per heavy atom. The Morgan fingerprint density at radius 1 is 1.12 bits per heavy atom. The Morgan fingerprint density at radius 3 is 2.42 bits per heavy atom. The van der Waals surface area contributed by atoms with Crippen LogP contribution in [0.15, 0.2) is 30.3 Å². The molecular formula is C17H21N3O3S. The summed E-state index contributed by atoms with van der Waals surface area (Å²) in [6, 6.07) is 8.85. The van der Waals surface area contributed by atoms with Crippen LogP contribution in [-0.4, -0.2) is 64.8 Å². The molecule has 2 aliphatic heterocycles. The highest BCUT2D eigenvalue weighted by Crippen LogP contribution is 2.33. The van der Waals surface area contributed by atoms with Gasteiger partial charge in [0.25, 0.3) is 5.24 Å². The SMILES string of the molecule is CCN1CCN(C(=O)C[C@H]2SC(=O)N(c3ccccc3)C2=O)CC1. The molecule has 0 saturated carbocycles. The summed E-state index contributed by atoms with van der Waals surface area (Å²) in [7, 11) is 0. The highest BCUT2D eigenvalue weighted by Gasteiger charge is 2.42. The number of imide groups is 1. The number of carbonyl (C=O) groups is 3. The smallest absolute Gasteiger partial charge is 0.293 e. The zero-order valence-corrected chi connectivity index (χ0v) is 14.5. The molecule has 24 heavy (non-hydrogen) atoms. The van der Waals surface area contributed by atoms with Gasteiger partial charge >= 0.3 is 0 Å². The lowest BCUT2D eigenvalue weighted by atomic mass is 10.2. The van der Waals surface area contributed by atoms with Crippen molar-refractivity contribution in [2.75, 3.05) is 37.6 Å². The van der Waals surface area contributed by atoms with Crippen molar-refractivity contribution in [3.63, 3.8) is 0 Å². The van der Waals surface area contributed by atoms with Gasteiger partial charge in [-0.3, -0.25) is 14.4 Å². The van der Waals surface area contributed by atoms with Crippen molar-refractivity contribution in [3.8, 4) is 0 Å². The second-order valence-corrected chi connectivity index (χ2v) is 7.05. The fourth-order valence-corrected chi connectivity index (χ4v) is 3.97. The van der Waals surface area contributed by atoms with E-state index >= 15 is 0 Å². The largest absolute Gasteiger partial charge is 0.340 e. The van der Waals surface area contributed by atoms with Crippen LogP contribution >= 0.6 is 11.8 Å². The van der Waals surface area contributed by atoms with Gasteiger partial charge in [0.2, 0.25) is 11.8 Å². The van der Waals surface area contributed by atoms with E-state index in [0.717, 1.165) is 31.4 Å². The fourth-order valence-electron chi connectivity index (χ4n) is 3.00. The topological polar surface area (TPSA) is 60.9 Å². The molecule has 1 aromatic rings. The van der Waals surface area contributed by atoms with Gasteiger partial charge in [-0.1, -0.05) is 25.1 Å². The third-order valence-electron chi connectivity index (χ3n) is 4.47. The van der Waals surface area contributed by atoms with Crippen LogP contribution in [0.25, 0.3) is 0 Å². The van der Waals surface area contributed by atoms with Gasteiger partial charge in [0, 0.05) is 32.6 Å². The normalized spacial score (nSPS) is 22.3. The van der Waals surface area contributed by atoms with Crippen molar-refractivity contribution in [3.05, 3.63) is 30.3 Å². The Kier molecular flexibility index (Phi) is 5.20. The molecule has 0 unspecified atom stereocenters. The van der Waals surface area contributed by atoms with E-state index < -0.39 is 5.25 Å². The standard InChI is InChI=1S/C17H21N3O3S/c1-2-18-8-10-19(11-9-18)15(21)12-14-16(22)20(17(23)24-14)13-6-4-3-5-7-13/h3-7,14H,2,8-12H2,1H3/t14-/m1/s1. The summed E-state index contributed by atoms with van der Waals surface area (Å²) >= 11 is 0.954. The minimum absolute atomic E-state index is 0.0423. The fraction of sp³-hybridized carbons (Fsp3) is 0.471. The average molecular weight is 347 g/mol. The van der Waals surface area contributed by atoms with E-state index in [4.69, 9.17) is 0 Å². The van der Waals surface area contributed by atoms with E-state index in [1.54, 1.807) is 29.2 Å². The molecule has 3 amide bonds. The molecule has 2 heterocycles. The second kappa shape index (κ2) is 7.36. The van der Waals surface area contributed by atoms with Crippen molar-refractivity contribution in [1.29, 1.82) is 0 Å². The average Bonchev–Trinajstić information content (AvgIpc) is 2.89. The molecule has 0 bridgehead atoms. The third kappa shape index (κ3) is 3.47. The molecule has 2 fully saturated rings. The third-order valence-corrected chi connectivity index (χ3v) is 5.51. The number of carbonyl (C=O) groups excluding carboxylic acids is 3. The summed E-state index contributed by atoms with van der Waals surface area (Å²) < 4.78 is 0. The summed E-state index contributed by atoms with van der Waals surface area (Å²) in [5.41, 5.74) is 0.562. The Labute approximate surface area is 145 Å². The lowest BCUT2D eigenvalue weighted by Gasteiger charge is -2.34. The maximum Gasteiger partial charge on any atom is 0.293 e. The molecule has 7 heteroatoms. The van der Waals surface area contributed by atoms with Crippen LogP contribution in [0.3, 0.4) is 0 Å². The minimum atomic E-state index is -0.616. The summed E-state index contributed by atoms with van der Waals surface area (Å²) in [4.78, 5) is 42.4. The molecule has 2 saturated heterocycles. The maximum atomic E-state index is 12.5. The zero-order valence-electron chi connectivity index (χ0n) is 13.7. The van der Waals surface area contributed by atoms with Crippen LogP contribution in [0.4, 0.5) is 10.5 Å². The van der Waals surface area contributed by atoms with Crippen LogP contribution in [-0.2, 0) is 9.59 Å². The molecule has 0 aromatic heterocycles. The van der Waals surface area contributed by atoms with Crippen LogP contribution in [0.1, 0.15) is 13.3 Å². The summed E-state index contributed by atoms with van der Waals surface area (Å²) in [5, 5.41) is -0.922. The van der Waals surface area contributed by atoms with Crippen LogP contribution in [0, 0.1) is 0 Å². The first-order chi connectivity index (χ1) is 11.6. The number of hydrogen-bond donors (Lipinski definition) is 0. The molecule has 3 rings (SSSR count). The van der Waals surface area contributed by atoms with Gasteiger partial charge < -0.3 is 9.80 Å². The molecule has 128 valence electrons. The minimum Gasteiger partial charge on any atom is -0.340 e. The predicted molar refractivity (Wildman–Crippen MR) is 94.0 cm³/mol. The maximum absolute atomic E-state index is 12.5. The number of benzene rings is 1. The van der Waals surface area contributed by atoms with Gasteiger partial charge in [0.15, 0.2) is 0 Å². The van der Waals surface area contributed by atoms with Crippen molar-refractivity contribution < 1.29 is 14.4 Å². The number of nitrogens with zero attached hydrogens (tertiary/aromatic N) is 3. The molecular weight excluding hydrogens is 326 g/mol. The van der Waals surface area contributed by atoms with Crippen molar-refractivity contribution in [2.45, 2.75) is 18.6 Å². The number of thioether (sulfide) groups is 1. The van der Waals surface area contributed by atoms with E-state index in [9.17, 15) is 14.4 Å². The molecule has 0 radical (unpaired) electrons. The number of amides is 3. The lowest BCUT2D eigenvalue weighted by molar-refractivity contribution is -0.134. The Hall–Kier alpha value is -1.86. The van der Waals surface area contributed by atoms with E-state index in [0.29, 0.717) is 18.8 Å². The zero-order chi connectivity index (χ0) is 17.1. The van der Waals surface area contributed by atoms with Crippen LogP contribution in [0.2, 0.25) is 0 Å². The van der Waals surface area contributed by atoms with Crippen molar-refractivity contribution in [1.82, 2.24) is 9.80 Å². The Bertz CT molecular complexity index is 629. The molecule has 1 aromatic carbocycles. The number of hydrogen-bond acceptors (Lipinski definition) is 5. The summed E-state index contributed by atoms with van der Waals surface area (Å²) in [5.74, 6) is -0.337.